The van der Waals surface area contributed by atoms with Gasteiger partial charge in [-0.1, -0.05) is 28.9 Å². The topological polar surface area (TPSA) is 37.3 Å². The van der Waals surface area contributed by atoms with Crippen LogP contribution in [0.1, 0.15) is 36.8 Å². The molecule has 86 valence electrons. The highest BCUT2D eigenvalue weighted by atomic mass is 79.9. The molecule has 0 radical (unpaired) electrons. The smallest absolute Gasteiger partial charge is 0.306 e. The summed E-state index contributed by atoms with van der Waals surface area (Å²) in [6.45, 7) is 1.81. The minimum Gasteiger partial charge on any atom is -0.481 e. The maximum absolute atomic E-state index is 11.1. The van der Waals surface area contributed by atoms with Crippen molar-refractivity contribution in [2.24, 2.45) is 5.92 Å². The van der Waals surface area contributed by atoms with Gasteiger partial charge >= 0.3 is 5.97 Å². The number of carbonyl (C=O) groups is 1. The highest BCUT2D eigenvalue weighted by molar-refractivity contribution is 9.10. The fraction of sp³-hybridized carbons (Fsp3) is 0.462. The third-order valence-corrected chi connectivity index (χ3v) is 3.95. The minimum absolute atomic E-state index is 0.175. The third-order valence-electron chi connectivity index (χ3n) is 3.46. The number of benzene rings is 1. The molecule has 16 heavy (non-hydrogen) atoms. The van der Waals surface area contributed by atoms with Crippen molar-refractivity contribution in [3.8, 4) is 0 Å². The molecule has 1 N–H and O–H groups in total. The maximum Gasteiger partial charge on any atom is 0.306 e. The molecule has 2 atom stereocenters. The van der Waals surface area contributed by atoms with E-state index in [9.17, 15) is 4.79 Å². The van der Waals surface area contributed by atoms with E-state index in [0.717, 1.165) is 23.7 Å². The number of carboxylic acid groups (broad SMARTS) is 1. The molecule has 0 aromatic heterocycles. The Morgan fingerprint density at radius 2 is 2.31 bits per heavy atom. The molecule has 0 spiro atoms. The Labute approximate surface area is 104 Å². The fourth-order valence-electron chi connectivity index (χ4n) is 2.51. The first-order chi connectivity index (χ1) is 7.59. The second-order valence-electron chi connectivity index (χ2n) is 4.47. The van der Waals surface area contributed by atoms with E-state index in [1.54, 1.807) is 0 Å². The second-order valence-corrected chi connectivity index (χ2v) is 5.38. The van der Waals surface area contributed by atoms with E-state index < -0.39 is 5.97 Å². The number of fused-ring (bicyclic) bond motifs is 1. The molecule has 1 aromatic carbocycles. The van der Waals surface area contributed by atoms with Gasteiger partial charge in [0.05, 0.1) is 5.92 Å². The zero-order valence-electron chi connectivity index (χ0n) is 9.24. The lowest BCUT2D eigenvalue weighted by Crippen LogP contribution is -2.22. The zero-order chi connectivity index (χ0) is 11.7. The normalized spacial score (nSPS) is 21.2. The maximum atomic E-state index is 11.1. The number of carboxylic acids is 1. The molecular formula is C13H15BrO2. The lowest BCUT2D eigenvalue weighted by Gasteiger charge is -2.28. The van der Waals surface area contributed by atoms with Gasteiger partial charge < -0.3 is 5.11 Å². The summed E-state index contributed by atoms with van der Waals surface area (Å²) in [6, 6.07) is 6.20. The van der Waals surface area contributed by atoms with E-state index in [1.165, 1.54) is 11.1 Å². The van der Waals surface area contributed by atoms with E-state index in [0.29, 0.717) is 0 Å². The number of hydrogen-bond acceptors (Lipinski definition) is 1. The summed E-state index contributed by atoms with van der Waals surface area (Å²) < 4.78 is 1.08. The average molecular weight is 283 g/mol. The Hall–Kier alpha value is -0.830. The first kappa shape index (κ1) is 11.6. The number of rotatable bonds is 2. The number of aliphatic carboxylic acids is 1. The van der Waals surface area contributed by atoms with Crippen LogP contribution in [-0.4, -0.2) is 11.1 Å². The van der Waals surface area contributed by atoms with Gasteiger partial charge in [-0.3, -0.25) is 4.79 Å². The van der Waals surface area contributed by atoms with Crippen LogP contribution in [0.5, 0.6) is 0 Å². The molecule has 2 nitrogen and oxygen atoms in total. The third kappa shape index (κ3) is 2.14. The van der Waals surface area contributed by atoms with Gasteiger partial charge in [-0.05, 0) is 48.4 Å². The van der Waals surface area contributed by atoms with Gasteiger partial charge in [0, 0.05) is 4.47 Å². The number of halogens is 1. The van der Waals surface area contributed by atoms with Gasteiger partial charge in [-0.15, -0.1) is 0 Å². The monoisotopic (exact) mass is 282 g/mol. The van der Waals surface area contributed by atoms with Gasteiger partial charge in [0.25, 0.3) is 0 Å². The molecule has 0 bridgehead atoms. The Bertz CT molecular complexity index is 414. The van der Waals surface area contributed by atoms with Crippen LogP contribution >= 0.6 is 15.9 Å². The van der Waals surface area contributed by atoms with Crippen molar-refractivity contribution < 1.29 is 9.90 Å². The second kappa shape index (κ2) is 4.58. The summed E-state index contributed by atoms with van der Waals surface area (Å²) in [5, 5.41) is 9.11. The van der Waals surface area contributed by atoms with Gasteiger partial charge in [-0.2, -0.15) is 0 Å². The molecule has 0 aliphatic heterocycles. The van der Waals surface area contributed by atoms with Gasteiger partial charge in [0.2, 0.25) is 0 Å². The summed E-state index contributed by atoms with van der Waals surface area (Å²) in [7, 11) is 0. The van der Waals surface area contributed by atoms with Gasteiger partial charge in [0.15, 0.2) is 0 Å². The van der Waals surface area contributed by atoms with Crippen LogP contribution in [0.4, 0.5) is 0 Å². The van der Waals surface area contributed by atoms with Crippen molar-refractivity contribution in [3.63, 3.8) is 0 Å². The SMILES string of the molecule is CC(C(=O)O)C1CCCc2cc(Br)ccc21. The zero-order valence-corrected chi connectivity index (χ0v) is 10.8. The van der Waals surface area contributed by atoms with Crippen LogP contribution in [0.2, 0.25) is 0 Å². The molecular weight excluding hydrogens is 268 g/mol. The van der Waals surface area contributed by atoms with E-state index in [2.05, 4.69) is 28.1 Å². The molecule has 1 aliphatic rings. The average Bonchev–Trinajstić information content (AvgIpc) is 2.26. The summed E-state index contributed by atoms with van der Waals surface area (Å²) >= 11 is 3.46. The molecule has 0 saturated carbocycles. The summed E-state index contributed by atoms with van der Waals surface area (Å²) in [6.07, 6.45) is 3.14. The number of hydrogen-bond donors (Lipinski definition) is 1. The van der Waals surface area contributed by atoms with E-state index in [4.69, 9.17) is 5.11 Å². The predicted molar refractivity (Wildman–Crippen MR) is 66.6 cm³/mol. The van der Waals surface area contributed by atoms with Crippen molar-refractivity contribution in [1.82, 2.24) is 0 Å². The van der Waals surface area contributed by atoms with Crippen molar-refractivity contribution in [2.45, 2.75) is 32.1 Å². The number of aryl methyl sites for hydroxylation is 1. The Kier molecular flexibility index (Phi) is 3.33. The molecule has 3 heteroatoms. The predicted octanol–water partition coefficient (Wildman–Crippen LogP) is 3.59. The molecule has 0 heterocycles. The van der Waals surface area contributed by atoms with Crippen molar-refractivity contribution in [1.29, 1.82) is 0 Å². The minimum atomic E-state index is -0.694. The molecule has 0 fully saturated rings. The summed E-state index contributed by atoms with van der Waals surface area (Å²) in [4.78, 5) is 11.1. The standard InChI is InChI=1S/C13H15BrO2/c1-8(13(15)16)11-4-2-3-9-7-10(14)5-6-12(9)11/h5-8,11H,2-4H2,1H3,(H,15,16). The van der Waals surface area contributed by atoms with Crippen LogP contribution in [0.3, 0.4) is 0 Å². The largest absolute Gasteiger partial charge is 0.481 e. The molecule has 1 aromatic rings. The quantitative estimate of drug-likeness (QED) is 0.900. The van der Waals surface area contributed by atoms with E-state index >= 15 is 0 Å². The molecule has 1 aliphatic carbocycles. The van der Waals surface area contributed by atoms with Crippen LogP contribution in [0.15, 0.2) is 22.7 Å². The summed E-state index contributed by atoms with van der Waals surface area (Å²) in [5.74, 6) is -0.810. The lowest BCUT2D eigenvalue weighted by molar-refractivity contribution is -0.142. The van der Waals surface area contributed by atoms with Crippen molar-refractivity contribution in [2.75, 3.05) is 0 Å². The van der Waals surface area contributed by atoms with Crippen molar-refractivity contribution >= 4 is 21.9 Å². The molecule has 0 saturated heterocycles. The Morgan fingerprint density at radius 1 is 1.56 bits per heavy atom. The van der Waals surface area contributed by atoms with E-state index in [1.807, 2.05) is 13.0 Å². The van der Waals surface area contributed by atoms with Crippen LogP contribution in [-0.2, 0) is 11.2 Å². The highest BCUT2D eigenvalue weighted by Gasteiger charge is 2.29. The lowest BCUT2D eigenvalue weighted by atomic mass is 9.76. The Morgan fingerprint density at radius 3 is 3.00 bits per heavy atom. The first-order valence-corrected chi connectivity index (χ1v) is 6.40. The Balaban J connectivity index is 2.36. The molecule has 0 amide bonds. The molecule has 2 unspecified atom stereocenters. The van der Waals surface area contributed by atoms with E-state index in [-0.39, 0.29) is 11.8 Å². The van der Waals surface area contributed by atoms with Gasteiger partial charge in [0.1, 0.15) is 0 Å². The summed E-state index contributed by atoms with van der Waals surface area (Å²) in [5.41, 5.74) is 2.53. The molecule has 2 rings (SSSR count). The fourth-order valence-corrected chi connectivity index (χ4v) is 2.92. The highest BCUT2D eigenvalue weighted by Crippen LogP contribution is 2.37. The van der Waals surface area contributed by atoms with Crippen molar-refractivity contribution in [3.05, 3.63) is 33.8 Å². The van der Waals surface area contributed by atoms with Crippen LogP contribution < -0.4 is 0 Å². The van der Waals surface area contributed by atoms with Crippen LogP contribution in [0, 0.1) is 5.92 Å². The first-order valence-electron chi connectivity index (χ1n) is 5.60. The van der Waals surface area contributed by atoms with Gasteiger partial charge in [-0.25, -0.2) is 0 Å². The van der Waals surface area contributed by atoms with Crippen LogP contribution in [0.25, 0.3) is 0 Å².